The molecular formula is C19H26N2O3S. The lowest BCUT2D eigenvalue weighted by Crippen LogP contribution is -2.40. The molecule has 2 heterocycles. The number of anilines is 1. The maximum absolute atomic E-state index is 12.9. The van der Waals surface area contributed by atoms with Crippen molar-refractivity contribution in [1.82, 2.24) is 4.90 Å². The molecule has 0 saturated carbocycles. The minimum absolute atomic E-state index is 0.115. The summed E-state index contributed by atoms with van der Waals surface area (Å²) in [6.07, 6.45) is 3.58. The fraction of sp³-hybridized carbons (Fsp3) is 0.579. The molecule has 1 atom stereocenters. The minimum atomic E-state index is -0.332. The summed E-state index contributed by atoms with van der Waals surface area (Å²) >= 11 is 1.13. The van der Waals surface area contributed by atoms with Gasteiger partial charge in [-0.2, -0.15) is 0 Å². The lowest BCUT2D eigenvalue weighted by atomic mass is 9.98. The van der Waals surface area contributed by atoms with Gasteiger partial charge in [-0.25, -0.2) is 4.90 Å². The summed E-state index contributed by atoms with van der Waals surface area (Å²) in [6.45, 7) is 8.44. The summed E-state index contributed by atoms with van der Waals surface area (Å²) in [7, 11) is 0. The van der Waals surface area contributed by atoms with E-state index in [2.05, 4.69) is 4.90 Å². The average molecular weight is 362 g/mol. The number of aryl methyl sites for hydroxylation is 1. The van der Waals surface area contributed by atoms with Gasteiger partial charge in [-0.3, -0.25) is 9.59 Å². The van der Waals surface area contributed by atoms with Crippen molar-refractivity contribution in [2.75, 3.05) is 24.5 Å². The number of phenols is 1. The molecule has 2 aliphatic heterocycles. The number of nitrogens with zero attached hydrogens (tertiary/aromatic N) is 2. The molecule has 2 aliphatic rings. The molecule has 1 aromatic rings. The molecule has 136 valence electrons. The molecule has 1 aromatic carbocycles. The fourth-order valence-corrected chi connectivity index (χ4v) is 4.60. The first-order valence-corrected chi connectivity index (χ1v) is 9.87. The number of benzene rings is 1. The Kier molecular flexibility index (Phi) is 5.39. The van der Waals surface area contributed by atoms with Gasteiger partial charge < -0.3 is 10.0 Å². The highest BCUT2D eigenvalue weighted by atomic mass is 32.2. The third-order valence-electron chi connectivity index (χ3n) is 5.00. The van der Waals surface area contributed by atoms with Crippen LogP contribution >= 0.6 is 11.8 Å². The third kappa shape index (κ3) is 3.70. The highest BCUT2D eigenvalue weighted by molar-refractivity contribution is 8.15. The van der Waals surface area contributed by atoms with Crippen LogP contribution in [0.5, 0.6) is 5.75 Å². The van der Waals surface area contributed by atoms with E-state index >= 15 is 0 Å². The number of carbonyl (C=O) groups is 2. The summed E-state index contributed by atoms with van der Waals surface area (Å²) in [5.74, 6) is 0.195. The number of imide groups is 1. The third-order valence-corrected chi connectivity index (χ3v) is 6.02. The standard InChI is InChI=1S/C19H26N2O3S/c1-12(2)14-10-15(13(3)9-16(14)22)21-18(23)17(25-19(21)24)11-20-7-5-4-6-8-20/h9-10,12,17,22H,4-8,11H2,1-3H3. The minimum Gasteiger partial charge on any atom is -0.508 e. The largest absolute Gasteiger partial charge is 0.508 e. The summed E-state index contributed by atoms with van der Waals surface area (Å²) in [4.78, 5) is 29.0. The summed E-state index contributed by atoms with van der Waals surface area (Å²) in [5, 5.41) is 9.58. The van der Waals surface area contributed by atoms with E-state index in [9.17, 15) is 14.7 Å². The maximum Gasteiger partial charge on any atom is 0.293 e. The molecule has 1 N–H and O–H groups in total. The van der Waals surface area contributed by atoms with E-state index in [4.69, 9.17) is 0 Å². The molecular weight excluding hydrogens is 336 g/mol. The van der Waals surface area contributed by atoms with Gasteiger partial charge in [0.05, 0.1) is 5.69 Å². The Labute approximate surface area is 153 Å². The van der Waals surface area contributed by atoms with Gasteiger partial charge in [-0.05, 0) is 73.8 Å². The molecule has 25 heavy (non-hydrogen) atoms. The molecule has 0 aliphatic carbocycles. The zero-order valence-electron chi connectivity index (χ0n) is 15.1. The first-order valence-electron chi connectivity index (χ1n) is 8.99. The van der Waals surface area contributed by atoms with Crippen molar-refractivity contribution < 1.29 is 14.7 Å². The van der Waals surface area contributed by atoms with E-state index in [1.54, 1.807) is 12.1 Å². The van der Waals surface area contributed by atoms with E-state index in [0.29, 0.717) is 12.2 Å². The molecule has 0 bridgehead atoms. The van der Waals surface area contributed by atoms with Crippen LogP contribution in [0.15, 0.2) is 12.1 Å². The van der Waals surface area contributed by atoms with Crippen LogP contribution in [0.2, 0.25) is 0 Å². The van der Waals surface area contributed by atoms with E-state index in [1.807, 2.05) is 20.8 Å². The first-order chi connectivity index (χ1) is 11.9. The van der Waals surface area contributed by atoms with Gasteiger partial charge in [-0.15, -0.1) is 0 Å². The lowest BCUT2D eigenvalue weighted by molar-refractivity contribution is -0.117. The van der Waals surface area contributed by atoms with Gasteiger partial charge >= 0.3 is 0 Å². The van der Waals surface area contributed by atoms with Gasteiger partial charge in [0.1, 0.15) is 11.0 Å². The second-order valence-corrected chi connectivity index (χ2v) is 8.41. The molecule has 0 radical (unpaired) electrons. The number of hydrogen-bond acceptors (Lipinski definition) is 5. The molecule has 6 heteroatoms. The normalized spacial score (nSPS) is 22.2. The SMILES string of the molecule is Cc1cc(O)c(C(C)C)cc1N1C(=O)SC(CN2CCCCC2)C1=O. The van der Waals surface area contributed by atoms with Gasteiger partial charge in [0.25, 0.3) is 5.24 Å². The van der Waals surface area contributed by atoms with Crippen LogP contribution < -0.4 is 4.90 Å². The number of hydrogen-bond donors (Lipinski definition) is 1. The van der Waals surface area contributed by atoms with Crippen molar-refractivity contribution in [2.24, 2.45) is 0 Å². The van der Waals surface area contributed by atoms with Crippen molar-refractivity contribution in [2.45, 2.75) is 51.2 Å². The van der Waals surface area contributed by atoms with Crippen LogP contribution in [-0.2, 0) is 4.79 Å². The second-order valence-electron chi connectivity index (χ2n) is 7.26. The molecule has 1 unspecified atom stereocenters. The molecule has 0 spiro atoms. The summed E-state index contributed by atoms with van der Waals surface area (Å²) in [5.41, 5.74) is 2.10. The number of phenolic OH excluding ortho intramolecular Hbond substituents is 1. The molecule has 2 amide bonds. The van der Waals surface area contributed by atoms with Crippen LogP contribution in [0.25, 0.3) is 0 Å². The predicted octanol–water partition coefficient (Wildman–Crippen LogP) is 3.88. The van der Waals surface area contributed by atoms with E-state index in [0.717, 1.165) is 48.8 Å². The van der Waals surface area contributed by atoms with E-state index in [1.165, 1.54) is 11.3 Å². The first kappa shape index (κ1) is 18.3. The Bertz CT molecular complexity index is 683. The molecule has 3 rings (SSSR count). The predicted molar refractivity (Wildman–Crippen MR) is 101 cm³/mol. The van der Waals surface area contributed by atoms with Crippen molar-refractivity contribution in [3.05, 3.63) is 23.3 Å². The van der Waals surface area contributed by atoms with Gasteiger partial charge in [0, 0.05) is 6.54 Å². The van der Waals surface area contributed by atoms with Gasteiger partial charge in [0.2, 0.25) is 5.91 Å². The van der Waals surface area contributed by atoms with Crippen LogP contribution in [-0.4, -0.2) is 46.0 Å². The molecule has 0 aromatic heterocycles. The number of amides is 2. The smallest absolute Gasteiger partial charge is 0.293 e. The topological polar surface area (TPSA) is 60.9 Å². The number of carbonyl (C=O) groups excluding carboxylic acids is 2. The van der Waals surface area contributed by atoms with Crippen molar-refractivity contribution in [3.63, 3.8) is 0 Å². The van der Waals surface area contributed by atoms with Crippen LogP contribution in [0.4, 0.5) is 10.5 Å². The number of rotatable bonds is 4. The average Bonchev–Trinajstić information content (AvgIpc) is 2.83. The van der Waals surface area contributed by atoms with Crippen molar-refractivity contribution >= 4 is 28.6 Å². The van der Waals surface area contributed by atoms with Gasteiger partial charge in [0.15, 0.2) is 0 Å². The molecule has 2 saturated heterocycles. The lowest BCUT2D eigenvalue weighted by Gasteiger charge is -2.27. The number of likely N-dealkylation sites (tertiary alicyclic amines) is 1. The van der Waals surface area contributed by atoms with E-state index in [-0.39, 0.29) is 28.1 Å². The van der Waals surface area contributed by atoms with Crippen LogP contribution in [0.3, 0.4) is 0 Å². The Morgan fingerprint density at radius 1 is 1.20 bits per heavy atom. The second kappa shape index (κ2) is 7.38. The zero-order valence-corrected chi connectivity index (χ0v) is 15.9. The number of aromatic hydroxyl groups is 1. The quantitative estimate of drug-likeness (QED) is 0.881. The highest BCUT2D eigenvalue weighted by Gasteiger charge is 2.42. The van der Waals surface area contributed by atoms with Crippen molar-refractivity contribution in [1.29, 1.82) is 0 Å². The van der Waals surface area contributed by atoms with Crippen LogP contribution in [0, 0.1) is 6.92 Å². The molecule has 5 nitrogen and oxygen atoms in total. The number of thioether (sulfide) groups is 1. The Balaban J connectivity index is 1.84. The van der Waals surface area contributed by atoms with Gasteiger partial charge in [-0.1, -0.05) is 20.3 Å². The zero-order chi connectivity index (χ0) is 18.1. The molecule has 2 fully saturated rings. The number of piperidine rings is 1. The van der Waals surface area contributed by atoms with Crippen LogP contribution in [0.1, 0.15) is 50.2 Å². The fourth-order valence-electron chi connectivity index (χ4n) is 3.57. The summed E-state index contributed by atoms with van der Waals surface area (Å²) < 4.78 is 0. The monoisotopic (exact) mass is 362 g/mol. The Morgan fingerprint density at radius 2 is 1.88 bits per heavy atom. The summed E-state index contributed by atoms with van der Waals surface area (Å²) in [6, 6.07) is 3.43. The Hall–Kier alpha value is -1.53. The van der Waals surface area contributed by atoms with E-state index < -0.39 is 0 Å². The maximum atomic E-state index is 12.9. The van der Waals surface area contributed by atoms with Crippen molar-refractivity contribution in [3.8, 4) is 5.75 Å². The Morgan fingerprint density at radius 3 is 2.52 bits per heavy atom. The highest BCUT2D eigenvalue weighted by Crippen LogP contribution is 2.38.